The topological polar surface area (TPSA) is 17.1 Å². The third-order valence-corrected chi connectivity index (χ3v) is 2.77. The Morgan fingerprint density at radius 3 is 2.44 bits per heavy atom. The molecule has 0 saturated heterocycles. The molecule has 0 radical (unpaired) electrons. The lowest BCUT2D eigenvalue weighted by atomic mass is 10.0. The molecule has 0 heterocycles. The molecule has 1 aromatic rings. The van der Waals surface area contributed by atoms with E-state index in [0.29, 0.717) is 0 Å². The van der Waals surface area contributed by atoms with Crippen molar-refractivity contribution in [3.05, 3.63) is 34.9 Å². The van der Waals surface area contributed by atoms with Crippen LogP contribution in [0.3, 0.4) is 0 Å². The van der Waals surface area contributed by atoms with E-state index in [4.69, 9.17) is 0 Å². The minimum atomic E-state index is -0.0487. The average molecular weight is 212 g/mol. The Balaban J connectivity index is 2.08. The highest BCUT2D eigenvalue weighted by Gasteiger charge is 2.19. The zero-order chi connectivity index (χ0) is 11.5. The third kappa shape index (κ3) is 2.97. The van der Waals surface area contributed by atoms with Gasteiger partial charge in [0.15, 0.2) is 0 Å². The second-order valence-electron chi connectivity index (χ2n) is 4.65. The van der Waals surface area contributed by atoms with Crippen LogP contribution in [0.25, 0.3) is 0 Å². The number of ketones is 1. The number of carbonyl (C=O) groups excluding carboxylic acids is 1. The average Bonchev–Trinajstić information content (AvgIpc) is 3.00. The van der Waals surface area contributed by atoms with Gasteiger partial charge >= 0.3 is 0 Å². The Kier molecular flexibility index (Phi) is 3.10. The molecule has 82 valence electrons. The molecule has 1 fully saturated rings. The molecular formula is C15H16O. The highest BCUT2D eigenvalue weighted by atomic mass is 16.1. The monoisotopic (exact) mass is 212 g/mol. The van der Waals surface area contributed by atoms with Crippen molar-refractivity contribution in [2.75, 3.05) is 0 Å². The van der Waals surface area contributed by atoms with Gasteiger partial charge in [-0.3, -0.25) is 4.79 Å². The summed E-state index contributed by atoms with van der Waals surface area (Å²) in [7, 11) is 0. The van der Waals surface area contributed by atoms with E-state index < -0.39 is 0 Å². The van der Waals surface area contributed by atoms with Crippen LogP contribution in [0.5, 0.6) is 0 Å². The van der Waals surface area contributed by atoms with Gasteiger partial charge in [-0.25, -0.2) is 0 Å². The molecule has 0 aromatic heterocycles. The Hall–Kier alpha value is -1.55. The van der Waals surface area contributed by atoms with E-state index in [2.05, 4.69) is 17.9 Å². The summed E-state index contributed by atoms with van der Waals surface area (Å²) in [6, 6.07) is 5.87. The lowest BCUT2D eigenvalue weighted by Gasteiger charge is -1.99. The molecule has 2 rings (SSSR count). The number of carbonyl (C=O) groups is 1. The summed E-state index contributed by atoms with van der Waals surface area (Å²) in [5.74, 6) is 6.44. The lowest BCUT2D eigenvalue weighted by Crippen LogP contribution is -1.96. The van der Waals surface area contributed by atoms with Crippen molar-refractivity contribution >= 4 is 5.78 Å². The lowest BCUT2D eigenvalue weighted by molar-refractivity contribution is 0.105. The summed E-state index contributed by atoms with van der Waals surface area (Å²) in [6.45, 7) is 4.00. The van der Waals surface area contributed by atoms with E-state index in [0.717, 1.165) is 29.0 Å². The van der Waals surface area contributed by atoms with E-state index in [9.17, 15) is 4.79 Å². The van der Waals surface area contributed by atoms with Crippen molar-refractivity contribution < 1.29 is 4.79 Å². The molecule has 0 aliphatic heterocycles. The van der Waals surface area contributed by atoms with Crippen LogP contribution in [0.4, 0.5) is 0 Å². The van der Waals surface area contributed by atoms with Gasteiger partial charge in [0.25, 0.3) is 0 Å². The summed E-state index contributed by atoms with van der Waals surface area (Å²) in [6.07, 6.45) is 3.45. The van der Waals surface area contributed by atoms with E-state index >= 15 is 0 Å². The fraction of sp³-hybridized carbons (Fsp3) is 0.400. The smallest absolute Gasteiger partial charge is 0.235 e. The second kappa shape index (κ2) is 4.53. The van der Waals surface area contributed by atoms with E-state index in [1.165, 1.54) is 12.8 Å². The molecule has 0 spiro atoms. The van der Waals surface area contributed by atoms with Crippen molar-refractivity contribution in [1.82, 2.24) is 0 Å². The highest BCUT2D eigenvalue weighted by Crippen LogP contribution is 2.31. The molecule has 1 aliphatic rings. The predicted octanol–water partition coefficient (Wildman–Crippen LogP) is 3.29. The first-order chi connectivity index (χ1) is 7.65. The number of rotatable bonds is 2. The van der Waals surface area contributed by atoms with Gasteiger partial charge in [-0.1, -0.05) is 23.1 Å². The summed E-state index contributed by atoms with van der Waals surface area (Å²) in [5.41, 5.74) is 2.96. The molecule has 1 saturated carbocycles. The number of hydrogen-bond donors (Lipinski definition) is 0. The molecule has 0 N–H and O–H groups in total. The predicted molar refractivity (Wildman–Crippen MR) is 65.4 cm³/mol. The first-order valence-electron chi connectivity index (χ1n) is 5.76. The van der Waals surface area contributed by atoms with Crippen LogP contribution in [-0.2, 0) is 0 Å². The maximum Gasteiger partial charge on any atom is 0.235 e. The van der Waals surface area contributed by atoms with Crippen LogP contribution in [0.15, 0.2) is 18.2 Å². The molecule has 1 aliphatic carbocycles. The number of benzene rings is 1. The molecule has 16 heavy (non-hydrogen) atoms. The fourth-order valence-corrected chi connectivity index (χ4v) is 1.78. The van der Waals surface area contributed by atoms with Gasteiger partial charge in [-0.15, -0.1) is 0 Å². The Bertz CT molecular complexity index is 450. The Morgan fingerprint density at radius 1 is 1.25 bits per heavy atom. The van der Waals surface area contributed by atoms with Crippen LogP contribution in [-0.4, -0.2) is 5.78 Å². The van der Waals surface area contributed by atoms with Gasteiger partial charge in [0.1, 0.15) is 0 Å². The quantitative estimate of drug-likeness (QED) is 0.417. The number of hydrogen-bond acceptors (Lipinski definition) is 1. The number of Topliss-reactive ketones (excluding diaryl/α,β-unsaturated/α-hetero) is 1. The van der Waals surface area contributed by atoms with Crippen LogP contribution >= 0.6 is 0 Å². The first-order valence-corrected chi connectivity index (χ1v) is 5.76. The molecule has 0 atom stereocenters. The van der Waals surface area contributed by atoms with Gasteiger partial charge in [-0.05, 0) is 50.7 Å². The summed E-state index contributed by atoms with van der Waals surface area (Å²) >= 11 is 0. The maximum absolute atomic E-state index is 11.8. The molecule has 1 aromatic carbocycles. The van der Waals surface area contributed by atoms with Crippen LogP contribution in [0.2, 0.25) is 0 Å². The summed E-state index contributed by atoms with van der Waals surface area (Å²) in [5, 5.41) is 0. The SMILES string of the molecule is Cc1cc(C)cc(C(=O)C#CCC2CC2)c1. The fourth-order valence-electron chi connectivity index (χ4n) is 1.78. The van der Waals surface area contributed by atoms with Gasteiger partial charge in [0, 0.05) is 12.0 Å². The van der Waals surface area contributed by atoms with Crippen LogP contribution in [0.1, 0.15) is 40.7 Å². The maximum atomic E-state index is 11.8. The van der Waals surface area contributed by atoms with Crippen molar-refractivity contribution in [2.45, 2.75) is 33.1 Å². The van der Waals surface area contributed by atoms with Crippen molar-refractivity contribution in [2.24, 2.45) is 5.92 Å². The van der Waals surface area contributed by atoms with Gasteiger partial charge in [0.05, 0.1) is 0 Å². The van der Waals surface area contributed by atoms with E-state index in [1.54, 1.807) is 0 Å². The largest absolute Gasteiger partial charge is 0.279 e. The molecule has 1 heteroatoms. The molecule has 0 unspecified atom stereocenters. The molecule has 0 bridgehead atoms. The summed E-state index contributed by atoms with van der Waals surface area (Å²) < 4.78 is 0. The third-order valence-electron chi connectivity index (χ3n) is 2.77. The van der Waals surface area contributed by atoms with E-state index in [1.807, 2.05) is 26.0 Å². The summed E-state index contributed by atoms with van der Waals surface area (Å²) in [4.78, 5) is 11.8. The normalized spacial score (nSPS) is 14.1. The standard InChI is InChI=1S/C15H16O/c1-11-8-12(2)10-14(9-11)15(16)5-3-4-13-6-7-13/h8-10,13H,4,6-7H2,1-2H3. The van der Waals surface area contributed by atoms with Crippen LogP contribution < -0.4 is 0 Å². The van der Waals surface area contributed by atoms with E-state index in [-0.39, 0.29) is 5.78 Å². The van der Waals surface area contributed by atoms with Crippen LogP contribution in [0, 0.1) is 31.6 Å². The first kappa shape index (κ1) is 11.0. The van der Waals surface area contributed by atoms with Crippen molar-refractivity contribution in [1.29, 1.82) is 0 Å². The Morgan fingerprint density at radius 2 is 1.88 bits per heavy atom. The van der Waals surface area contributed by atoms with Gasteiger partial charge in [0.2, 0.25) is 5.78 Å². The van der Waals surface area contributed by atoms with Gasteiger partial charge < -0.3 is 0 Å². The zero-order valence-electron chi connectivity index (χ0n) is 9.84. The minimum absolute atomic E-state index is 0.0487. The van der Waals surface area contributed by atoms with Crippen molar-refractivity contribution in [3.8, 4) is 11.8 Å². The second-order valence-corrected chi connectivity index (χ2v) is 4.65. The molecule has 0 amide bonds. The molecular weight excluding hydrogens is 196 g/mol. The van der Waals surface area contributed by atoms with Crippen molar-refractivity contribution in [3.63, 3.8) is 0 Å². The van der Waals surface area contributed by atoms with Gasteiger partial charge in [-0.2, -0.15) is 0 Å². The minimum Gasteiger partial charge on any atom is -0.279 e. The number of aryl methyl sites for hydroxylation is 2. The zero-order valence-corrected chi connectivity index (χ0v) is 9.84. The Labute approximate surface area is 96.9 Å². The molecule has 1 nitrogen and oxygen atoms in total. The highest BCUT2D eigenvalue weighted by molar-refractivity contribution is 6.09.